The molecule has 0 aliphatic heterocycles. The van der Waals surface area contributed by atoms with Crippen LogP contribution in [0.3, 0.4) is 0 Å². The van der Waals surface area contributed by atoms with Crippen molar-refractivity contribution in [2.24, 2.45) is 5.41 Å². The first-order chi connectivity index (χ1) is 12.1. The molecule has 4 nitrogen and oxygen atoms in total. The number of rotatable bonds is 6. The molecular weight excluding hydrogens is 346 g/mol. The van der Waals surface area contributed by atoms with Crippen molar-refractivity contribution in [3.63, 3.8) is 0 Å². The summed E-state index contributed by atoms with van der Waals surface area (Å²) in [5.41, 5.74) is 1.62. The molecule has 1 aromatic rings. The van der Waals surface area contributed by atoms with Gasteiger partial charge in [-0.05, 0) is 62.8 Å². The minimum absolute atomic E-state index is 0.0684. The number of nitrogens with zero attached hydrogens (tertiary/aromatic N) is 1. The SMILES string of the molecule is CCN(CC)C1=C/C(=C(\C(C)=O)S(=O)(=O)c2ccccc2)CC(C)(C)C1. The first-order valence-corrected chi connectivity index (χ1v) is 10.6. The van der Waals surface area contributed by atoms with E-state index < -0.39 is 15.6 Å². The average molecular weight is 376 g/mol. The number of carbonyl (C=O) groups is 1. The maximum absolute atomic E-state index is 13.2. The Hall–Kier alpha value is -1.88. The van der Waals surface area contributed by atoms with Crippen molar-refractivity contribution in [3.8, 4) is 0 Å². The zero-order valence-electron chi connectivity index (χ0n) is 16.4. The van der Waals surface area contributed by atoms with Crippen LogP contribution in [0.25, 0.3) is 0 Å². The van der Waals surface area contributed by atoms with Crippen molar-refractivity contribution in [2.75, 3.05) is 13.1 Å². The molecule has 0 spiro atoms. The number of ketones is 1. The zero-order chi connectivity index (χ0) is 19.5. The molecule has 142 valence electrons. The van der Waals surface area contributed by atoms with Crippen LogP contribution in [0.5, 0.6) is 0 Å². The van der Waals surface area contributed by atoms with Crippen LogP contribution >= 0.6 is 0 Å². The molecule has 5 heteroatoms. The van der Waals surface area contributed by atoms with Gasteiger partial charge in [-0.1, -0.05) is 32.0 Å². The Labute approximate surface area is 157 Å². The van der Waals surface area contributed by atoms with E-state index in [1.807, 2.05) is 6.08 Å². The smallest absolute Gasteiger partial charge is 0.210 e. The second kappa shape index (κ2) is 7.78. The Morgan fingerprint density at radius 1 is 1.08 bits per heavy atom. The molecule has 26 heavy (non-hydrogen) atoms. The molecule has 0 saturated heterocycles. The molecular formula is C21H29NO3S. The summed E-state index contributed by atoms with van der Waals surface area (Å²) < 4.78 is 26.4. The Morgan fingerprint density at radius 3 is 2.15 bits per heavy atom. The molecule has 0 saturated carbocycles. The van der Waals surface area contributed by atoms with Crippen LogP contribution < -0.4 is 0 Å². The highest BCUT2D eigenvalue weighted by molar-refractivity contribution is 7.96. The van der Waals surface area contributed by atoms with Gasteiger partial charge in [0.1, 0.15) is 4.91 Å². The third-order valence-electron chi connectivity index (χ3n) is 4.77. The van der Waals surface area contributed by atoms with Crippen LogP contribution in [-0.2, 0) is 14.6 Å². The van der Waals surface area contributed by atoms with Crippen LogP contribution in [0.4, 0.5) is 0 Å². The van der Waals surface area contributed by atoms with Gasteiger partial charge in [0.15, 0.2) is 5.78 Å². The highest BCUT2D eigenvalue weighted by Crippen LogP contribution is 2.41. The van der Waals surface area contributed by atoms with Gasteiger partial charge in [-0.3, -0.25) is 4.79 Å². The van der Waals surface area contributed by atoms with E-state index in [4.69, 9.17) is 0 Å². The molecule has 0 atom stereocenters. The van der Waals surface area contributed by atoms with E-state index in [0.717, 1.165) is 25.2 Å². The number of sulfone groups is 1. The van der Waals surface area contributed by atoms with Gasteiger partial charge < -0.3 is 4.90 Å². The summed E-state index contributed by atoms with van der Waals surface area (Å²) in [6.07, 6.45) is 3.36. The van der Waals surface area contributed by atoms with Gasteiger partial charge in [-0.15, -0.1) is 0 Å². The third-order valence-corrected chi connectivity index (χ3v) is 6.75. The second-order valence-electron chi connectivity index (χ2n) is 7.55. The summed E-state index contributed by atoms with van der Waals surface area (Å²) in [7, 11) is -3.85. The molecule has 0 aromatic heterocycles. The molecule has 1 aromatic carbocycles. The monoisotopic (exact) mass is 375 g/mol. The van der Waals surface area contributed by atoms with Gasteiger partial charge in [0.05, 0.1) is 4.90 Å². The fourth-order valence-electron chi connectivity index (χ4n) is 3.66. The van der Waals surface area contributed by atoms with Crippen LogP contribution in [0.15, 0.2) is 57.5 Å². The molecule has 0 N–H and O–H groups in total. The molecule has 0 fully saturated rings. The maximum Gasteiger partial charge on any atom is 0.210 e. The van der Waals surface area contributed by atoms with Gasteiger partial charge >= 0.3 is 0 Å². The minimum atomic E-state index is -3.85. The molecule has 2 rings (SSSR count). The predicted molar refractivity (Wildman–Crippen MR) is 105 cm³/mol. The standard InChI is InChI=1S/C21H29NO3S/c1-6-22(7-2)18-13-17(14-21(4,5)15-18)20(16(3)23)26(24,25)19-11-9-8-10-12-19/h8-13H,6-7,14-15H2,1-5H3/b20-17-. The van der Waals surface area contributed by atoms with E-state index in [0.29, 0.717) is 12.0 Å². The summed E-state index contributed by atoms with van der Waals surface area (Å²) in [6.45, 7) is 11.5. The normalized spacial score (nSPS) is 18.9. The molecule has 0 amide bonds. The molecule has 0 radical (unpaired) electrons. The number of carbonyl (C=O) groups excluding carboxylic acids is 1. The van der Waals surface area contributed by atoms with Crippen LogP contribution in [0.1, 0.15) is 47.5 Å². The summed E-state index contributed by atoms with van der Waals surface area (Å²) in [4.78, 5) is 14.7. The zero-order valence-corrected chi connectivity index (χ0v) is 17.2. The Kier molecular flexibility index (Phi) is 6.12. The molecule has 1 aliphatic rings. The van der Waals surface area contributed by atoms with E-state index in [2.05, 4.69) is 32.6 Å². The fraction of sp³-hybridized carbons (Fsp3) is 0.476. The van der Waals surface area contributed by atoms with Gasteiger partial charge in [0.25, 0.3) is 0 Å². The van der Waals surface area contributed by atoms with Crippen molar-refractivity contribution in [1.29, 1.82) is 0 Å². The highest BCUT2D eigenvalue weighted by Gasteiger charge is 2.34. The van der Waals surface area contributed by atoms with Crippen molar-refractivity contribution in [3.05, 3.63) is 52.6 Å². The Morgan fingerprint density at radius 2 is 1.65 bits per heavy atom. The van der Waals surface area contributed by atoms with E-state index in [1.165, 1.54) is 6.92 Å². The van der Waals surface area contributed by atoms with Crippen molar-refractivity contribution >= 4 is 15.6 Å². The van der Waals surface area contributed by atoms with Crippen molar-refractivity contribution < 1.29 is 13.2 Å². The van der Waals surface area contributed by atoms with Gasteiger partial charge in [-0.25, -0.2) is 8.42 Å². The second-order valence-corrected chi connectivity index (χ2v) is 9.44. The third kappa shape index (κ3) is 4.26. The number of allylic oxidation sites excluding steroid dienone is 4. The lowest BCUT2D eigenvalue weighted by molar-refractivity contribution is -0.113. The quantitative estimate of drug-likeness (QED) is 0.694. The Balaban J connectivity index is 2.71. The first-order valence-electron chi connectivity index (χ1n) is 9.12. The number of hydrogen-bond acceptors (Lipinski definition) is 4. The molecule has 1 aliphatic carbocycles. The average Bonchev–Trinajstić information content (AvgIpc) is 2.55. The number of hydrogen-bond donors (Lipinski definition) is 0. The minimum Gasteiger partial charge on any atom is -0.375 e. The van der Waals surface area contributed by atoms with Crippen molar-refractivity contribution in [2.45, 2.75) is 52.4 Å². The summed E-state index contributed by atoms with van der Waals surface area (Å²) in [6, 6.07) is 8.21. The predicted octanol–water partition coefficient (Wildman–Crippen LogP) is 4.35. The van der Waals surface area contributed by atoms with Crippen LogP contribution in [0.2, 0.25) is 0 Å². The van der Waals surface area contributed by atoms with E-state index in [9.17, 15) is 13.2 Å². The van der Waals surface area contributed by atoms with Gasteiger partial charge in [-0.2, -0.15) is 0 Å². The van der Waals surface area contributed by atoms with Crippen LogP contribution in [-0.4, -0.2) is 32.2 Å². The first kappa shape index (κ1) is 20.4. The van der Waals surface area contributed by atoms with E-state index in [1.54, 1.807) is 30.3 Å². The topological polar surface area (TPSA) is 54.5 Å². The molecule has 0 bridgehead atoms. The van der Waals surface area contributed by atoms with Gasteiger partial charge in [0, 0.05) is 18.8 Å². The summed E-state index contributed by atoms with van der Waals surface area (Å²) in [5, 5.41) is 0. The lowest BCUT2D eigenvalue weighted by atomic mass is 9.76. The number of benzene rings is 1. The van der Waals surface area contributed by atoms with E-state index >= 15 is 0 Å². The molecule has 0 heterocycles. The molecule has 0 unspecified atom stereocenters. The lowest BCUT2D eigenvalue weighted by Crippen LogP contribution is -2.30. The van der Waals surface area contributed by atoms with Crippen molar-refractivity contribution in [1.82, 2.24) is 4.90 Å². The fourth-order valence-corrected chi connectivity index (χ4v) is 5.26. The van der Waals surface area contributed by atoms with E-state index in [-0.39, 0.29) is 15.2 Å². The maximum atomic E-state index is 13.2. The number of Topliss-reactive ketones (excluding diaryl/α,β-unsaturated/α-hetero) is 1. The lowest BCUT2D eigenvalue weighted by Gasteiger charge is -2.37. The van der Waals surface area contributed by atoms with Crippen LogP contribution in [0, 0.1) is 5.41 Å². The largest absolute Gasteiger partial charge is 0.375 e. The summed E-state index contributed by atoms with van der Waals surface area (Å²) in [5.74, 6) is -0.406. The highest BCUT2D eigenvalue weighted by atomic mass is 32.2. The van der Waals surface area contributed by atoms with Gasteiger partial charge in [0.2, 0.25) is 9.84 Å². The summed E-state index contributed by atoms with van der Waals surface area (Å²) >= 11 is 0. The Bertz CT molecular complexity index is 829.